The minimum absolute atomic E-state index is 0.204. The normalized spacial score (nSPS) is 19.4. The molecule has 0 aromatic rings. The lowest BCUT2D eigenvalue weighted by molar-refractivity contribution is 0.0443. The van der Waals surface area contributed by atoms with Crippen molar-refractivity contribution in [2.75, 3.05) is 6.54 Å². The highest BCUT2D eigenvalue weighted by Gasteiger charge is 2.42. The van der Waals surface area contributed by atoms with E-state index in [2.05, 4.69) is 24.5 Å². The number of carbonyl (C=O) groups is 1. The van der Waals surface area contributed by atoms with Crippen molar-refractivity contribution < 1.29 is 9.53 Å². The van der Waals surface area contributed by atoms with Gasteiger partial charge < -0.3 is 15.4 Å². The van der Waals surface area contributed by atoms with Gasteiger partial charge in [0.25, 0.3) is 0 Å². The van der Waals surface area contributed by atoms with E-state index in [9.17, 15) is 4.79 Å². The van der Waals surface area contributed by atoms with E-state index in [4.69, 9.17) is 4.74 Å². The van der Waals surface area contributed by atoms with Crippen molar-refractivity contribution in [3.8, 4) is 0 Å². The van der Waals surface area contributed by atoms with E-state index in [1.165, 1.54) is 25.7 Å². The third-order valence-corrected chi connectivity index (χ3v) is 5.06. The van der Waals surface area contributed by atoms with E-state index in [1.807, 2.05) is 20.8 Å². The van der Waals surface area contributed by atoms with Crippen LogP contribution in [0.2, 0.25) is 0 Å². The second-order valence-electron chi connectivity index (χ2n) is 8.20. The number of nitrogens with one attached hydrogen (secondary N) is 2. The van der Waals surface area contributed by atoms with Crippen LogP contribution in [0.4, 0.5) is 4.79 Å². The van der Waals surface area contributed by atoms with Crippen molar-refractivity contribution in [3.63, 3.8) is 0 Å². The van der Waals surface area contributed by atoms with Gasteiger partial charge in [-0.05, 0) is 71.1 Å². The molecule has 2 fully saturated rings. The maximum absolute atomic E-state index is 12.2. The van der Waals surface area contributed by atoms with Crippen molar-refractivity contribution >= 4 is 6.09 Å². The van der Waals surface area contributed by atoms with E-state index in [1.54, 1.807) is 0 Å². The van der Waals surface area contributed by atoms with Crippen molar-refractivity contribution in [2.24, 2.45) is 11.8 Å². The molecule has 0 unspecified atom stereocenters. The third kappa shape index (κ3) is 5.15. The van der Waals surface area contributed by atoms with Crippen LogP contribution in [0.3, 0.4) is 0 Å². The molecule has 2 rings (SSSR count). The van der Waals surface area contributed by atoms with Crippen LogP contribution < -0.4 is 10.6 Å². The van der Waals surface area contributed by atoms with E-state index in [0.717, 1.165) is 31.2 Å². The molecule has 0 aromatic heterocycles. The molecule has 2 N–H and O–H groups in total. The van der Waals surface area contributed by atoms with E-state index < -0.39 is 5.60 Å². The molecule has 0 bridgehead atoms. The Balaban J connectivity index is 1.90. The minimum Gasteiger partial charge on any atom is -0.444 e. The van der Waals surface area contributed by atoms with Gasteiger partial charge in [-0.1, -0.05) is 13.8 Å². The van der Waals surface area contributed by atoms with Gasteiger partial charge >= 0.3 is 6.09 Å². The fourth-order valence-electron chi connectivity index (χ4n) is 3.18. The SMILES string of the molecule is CCC(CC)(CNC(C1CC1)C1CC1)NC(=O)OC(C)(C)C. The van der Waals surface area contributed by atoms with Crippen molar-refractivity contribution in [2.45, 2.75) is 90.3 Å². The molecule has 2 saturated carbocycles. The lowest BCUT2D eigenvalue weighted by Crippen LogP contribution is -2.56. The maximum Gasteiger partial charge on any atom is 0.408 e. The Morgan fingerprint density at radius 2 is 1.59 bits per heavy atom. The molecule has 0 saturated heterocycles. The fourth-order valence-corrected chi connectivity index (χ4v) is 3.18. The molecule has 4 nitrogen and oxygen atoms in total. The van der Waals surface area contributed by atoms with Crippen LogP contribution in [0.5, 0.6) is 0 Å². The van der Waals surface area contributed by atoms with Gasteiger partial charge in [-0.25, -0.2) is 4.79 Å². The van der Waals surface area contributed by atoms with Gasteiger partial charge in [0.2, 0.25) is 0 Å². The molecule has 0 aliphatic heterocycles. The average molecular weight is 310 g/mol. The number of carbonyl (C=O) groups excluding carboxylic acids is 1. The van der Waals surface area contributed by atoms with Crippen LogP contribution >= 0.6 is 0 Å². The Bertz CT molecular complexity index is 365. The Labute approximate surface area is 135 Å². The van der Waals surface area contributed by atoms with Crippen LogP contribution in [0, 0.1) is 11.8 Å². The van der Waals surface area contributed by atoms with Gasteiger partial charge in [-0.15, -0.1) is 0 Å². The molecule has 1 amide bonds. The zero-order chi connectivity index (χ0) is 16.4. The topological polar surface area (TPSA) is 50.4 Å². The summed E-state index contributed by atoms with van der Waals surface area (Å²) in [5.41, 5.74) is -0.653. The molecule has 2 aliphatic carbocycles. The number of rotatable bonds is 8. The minimum atomic E-state index is -0.449. The summed E-state index contributed by atoms with van der Waals surface area (Å²) in [5.74, 6) is 1.75. The summed E-state index contributed by atoms with van der Waals surface area (Å²) < 4.78 is 5.45. The van der Waals surface area contributed by atoms with Gasteiger partial charge in [-0.3, -0.25) is 0 Å². The molecule has 0 spiro atoms. The van der Waals surface area contributed by atoms with Crippen LogP contribution in [-0.4, -0.2) is 29.8 Å². The Morgan fingerprint density at radius 1 is 1.09 bits per heavy atom. The summed E-state index contributed by atoms with van der Waals surface area (Å²) >= 11 is 0. The highest BCUT2D eigenvalue weighted by molar-refractivity contribution is 5.68. The smallest absolute Gasteiger partial charge is 0.408 e. The molecule has 0 aromatic carbocycles. The monoisotopic (exact) mass is 310 g/mol. The Hall–Kier alpha value is -0.770. The van der Waals surface area contributed by atoms with E-state index in [0.29, 0.717) is 6.04 Å². The summed E-state index contributed by atoms with van der Waals surface area (Å²) in [5, 5.41) is 6.92. The fraction of sp³-hybridized carbons (Fsp3) is 0.944. The summed E-state index contributed by atoms with van der Waals surface area (Å²) in [6, 6.07) is 0.665. The number of ether oxygens (including phenoxy) is 1. The van der Waals surface area contributed by atoms with Gasteiger partial charge in [0, 0.05) is 12.6 Å². The lowest BCUT2D eigenvalue weighted by atomic mass is 9.92. The lowest BCUT2D eigenvalue weighted by Gasteiger charge is -2.35. The molecule has 128 valence electrons. The van der Waals surface area contributed by atoms with E-state index >= 15 is 0 Å². The second-order valence-corrected chi connectivity index (χ2v) is 8.20. The first kappa shape index (κ1) is 17.6. The number of alkyl carbamates (subject to hydrolysis) is 1. The molecule has 0 heterocycles. The second kappa shape index (κ2) is 6.77. The zero-order valence-corrected chi connectivity index (χ0v) is 15.0. The summed E-state index contributed by atoms with van der Waals surface area (Å²) in [6.07, 6.45) is 7.03. The highest BCUT2D eigenvalue weighted by atomic mass is 16.6. The van der Waals surface area contributed by atoms with Gasteiger partial charge in [0.1, 0.15) is 5.60 Å². The average Bonchev–Trinajstić information content (AvgIpc) is 3.28. The van der Waals surface area contributed by atoms with Gasteiger partial charge in [-0.2, -0.15) is 0 Å². The molecule has 2 aliphatic rings. The third-order valence-electron chi connectivity index (χ3n) is 5.06. The van der Waals surface area contributed by atoms with Gasteiger partial charge in [0.05, 0.1) is 5.54 Å². The molecular formula is C18H34N2O2. The summed E-state index contributed by atoms with van der Waals surface area (Å²) in [6.45, 7) is 10.8. The van der Waals surface area contributed by atoms with Crippen LogP contribution in [0.1, 0.15) is 73.1 Å². The quantitative estimate of drug-likeness (QED) is 0.716. The molecule has 0 radical (unpaired) electrons. The Morgan fingerprint density at radius 3 is 1.95 bits per heavy atom. The molecular weight excluding hydrogens is 276 g/mol. The van der Waals surface area contributed by atoms with Crippen LogP contribution in [0.25, 0.3) is 0 Å². The maximum atomic E-state index is 12.2. The zero-order valence-electron chi connectivity index (χ0n) is 15.0. The predicted octanol–water partition coefficient (Wildman–Crippen LogP) is 3.85. The van der Waals surface area contributed by atoms with Crippen molar-refractivity contribution in [1.82, 2.24) is 10.6 Å². The first-order valence-corrected chi connectivity index (χ1v) is 9.03. The number of hydrogen-bond acceptors (Lipinski definition) is 3. The van der Waals surface area contributed by atoms with Crippen molar-refractivity contribution in [3.05, 3.63) is 0 Å². The Kier molecular flexibility index (Phi) is 5.41. The predicted molar refractivity (Wildman–Crippen MR) is 89.9 cm³/mol. The summed E-state index contributed by atoms with van der Waals surface area (Å²) in [4.78, 5) is 12.2. The van der Waals surface area contributed by atoms with E-state index in [-0.39, 0.29) is 11.6 Å². The molecule has 4 heteroatoms. The number of amides is 1. The largest absolute Gasteiger partial charge is 0.444 e. The first-order valence-electron chi connectivity index (χ1n) is 9.03. The highest BCUT2D eigenvalue weighted by Crippen LogP contribution is 2.44. The van der Waals surface area contributed by atoms with Crippen molar-refractivity contribution in [1.29, 1.82) is 0 Å². The number of hydrogen-bond donors (Lipinski definition) is 2. The molecule has 22 heavy (non-hydrogen) atoms. The van der Waals surface area contributed by atoms with Gasteiger partial charge in [0.15, 0.2) is 0 Å². The molecule has 0 atom stereocenters. The standard InChI is InChI=1S/C18H34N2O2/c1-6-18(7-2,20-16(21)22-17(3,4)5)12-19-15(13-8-9-13)14-10-11-14/h13-15,19H,6-12H2,1-5H3,(H,20,21). The van der Waals surface area contributed by atoms with Crippen LogP contribution in [0.15, 0.2) is 0 Å². The van der Waals surface area contributed by atoms with Crippen LogP contribution in [-0.2, 0) is 4.74 Å². The summed E-state index contributed by atoms with van der Waals surface area (Å²) in [7, 11) is 0. The first-order chi connectivity index (χ1) is 10.3.